The van der Waals surface area contributed by atoms with Gasteiger partial charge in [-0.1, -0.05) is 42.5 Å². The van der Waals surface area contributed by atoms with Crippen LogP contribution in [0.2, 0.25) is 0 Å². The zero-order chi connectivity index (χ0) is 22.9. The van der Waals surface area contributed by atoms with Crippen molar-refractivity contribution in [3.8, 4) is 11.5 Å². The Labute approximate surface area is 194 Å². The number of benzene rings is 3. The first kappa shape index (κ1) is 22.4. The number of ether oxygens (including phenoxy) is 2. The van der Waals surface area contributed by atoms with E-state index >= 15 is 0 Å². The zero-order valence-electron chi connectivity index (χ0n) is 18.9. The summed E-state index contributed by atoms with van der Waals surface area (Å²) in [7, 11) is 1.65. The number of methoxy groups -OCH3 is 1. The highest BCUT2D eigenvalue weighted by Crippen LogP contribution is 2.26. The predicted octanol–water partition coefficient (Wildman–Crippen LogP) is 4.88. The Bertz CT molecular complexity index is 1190. The Morgan fingerprint density at radius 1 is 0.909 bits per heavy atom. The van der Waals surface area contributed by atoms with Crippen LogP contribution in [0.15, 0.2) is 78.9 Å². The van der Waals surface area contributed by atoms with Crippen LogP contribution in [0.3, 0.4) is 0 Å². The van der Waals surface area contributed by atoms with E-state index in [-0.39, 0.29) is 5.91 Å². The maximum atomic E-state index is 12.3. The van der Waals surface area contributed by atoms with Crippen molar-refractivity contribution in [3.05, 3.63) is 90.3 Å². The van der Waals surface area contributed by atoms with Crippen molar-refractivity contribution in [1.82, 2.24) is 14.9 Å². The van der Waals surface area contributed by atoms with Crippen molar-refractivity contribution >= 4 is 16.9 Å². The number of para-hydroxylation sites is 4. The molecular formula is C27H29N3O3. The molecule has 0 radical (unpaired) electrons. The Morgan fingerprint density at radius 2 is 1.64 bits per heavy atom. The van der Waals surface area contributed by atoms with E-state index in [1.54, 1.807) is 7.11 Å². The van der Waals surface area contributed by atoms with Gasteiger partial charge in [0.1, 0.15) is 5.82 Å². The van der Waals surface area contributed by atoms with Gasteiger partial charge in [0.15, 0.2) is 11.5 Å². The molecule has 1 aromatic heterocycles. The standard InChI is InChI=1S/C27H29N3O3/c1-32-24-15-7-8-16-25(24)33-20-10-9-19-30-23-14-6-5-13-22(23)29-26(30)17-18-28-27(31)21-11-3-2-4-12-21/h2-8,11-16H,9-10,17-20H2,1H3,(H,28,31). The van der Waals surface area contributed by atoms with E-state index in [0.29, 0.717) is 25.1 Å². The molecule has 0 aliphatic carbocycles. The van der Waals surface area contributed by atoms with Crippen LogP contribution < -0.4 is 14.8 Å². The first-order valence-electron chi connectivity index (χ1n) is 11.3. The third-order valence-electron chi connectivity index (χ3n) is 5.51. The molecule has 0 bridgehead atoms. The molecule has 33 heavy (non-hydrogen) atoms. The number of nitrogens with zero attached hydrogens (tertiary/aromatic N) is 2. The second kappa shape index (κ2) is 11.2. The van der Waals surface area contributed by atoms with E-state index in [2.05, 4.69) is 16.0 Å². The Hall–Kier alpha value is -3.80. The number of nitrogens with one attached hydrogen (secondary N) is 1. The topological polar surface area (TPSA) is 65.4 Å². The zero-order valence-corrected chi connectivity index (χ0v) is 18.9. The molecule has 1 amide bonds. The molecule has 0 fully saturated rings. The SMILES string of the molecule is COc1ccccc1OCCCCn1c(CCNC(=O)c2ccccc2)nc2ccccc21. The summed E-state index contributed by atoms with van der Waals surface area (Å²) in [6.45, 7) is 2.00. The summed E-state index contributed by atoms with van der Waals surface area (Å²) in [6, 6.07) is 25.1. The Morgan fingerprint density at radius 3 is 2.45 bits per heavy atom. The molecule has 0 spiro atoms. The molecule has 4 rings (SSSR count). The van der Waals surface area contributed by atoms with E-state index < -0.39 is 0 Å². The Balaban J connectivity index is 1.33. The fourth-order valence-corrected chi connectivity index (χ4v) is 3.84. The first-order valence-corrected chi connectivity index (χ1v) is 11.3. The van der Waals surface area contributed by atoms with Crippen LogP contribution in [0.1, 0.15) is 29.0 Å². The van der Waals surface area contributed by atoms with E-state index in [1.165, 1.54) is 0 Å². The third kappa shape index (κ3) is 5.71. The molecule has 1 heterocycles. The van der Waals surface area contributed by atoms with E-state index in [9.17, 15) is 4.79 Å². The Kier molecular flexibility index (Phi) is 7.59. The van der Waals surface area contributed by atoms with Crippen molar-refractivity contribution in [2.45, 2.75) is 25.8 Å². The number of carbonyl (C=O) groups excluding carboxylic acids is 1. The highest BCUT2D eigenvalue weighted by molar-refractivity contribution is 5.94. The van der Waals surface area contributed by atoms with Gasteiger partial charge >= 0.3 is 0 Å². The molecule has 0 aliphatic rings. The van der Waals surface area contributed by atoms with E-state index in [1.807, 2.05) is 72.8 Å². The number of hydrogen-bond acceptors (Lipinski definition) is 4. The minimum Gasteiger partial charge on any atom is -0.493 e. The van der Waals surface area contributed by atoms with Gasteiger partial charge in [0, 0.05) is 25.1 Å². The van der Waals surface area contributed by atoms with Crippen molar-refractivity contribution < 1.29 is 14.3 Å². The average molecular weight is 444 g/mol. The highest BCUT2D eigenvalue weighted by atomic mass is 16.5. The summed E-state index contributed by atoms with van der Waals surface area (Å²) >= 11 is 0. The molecule has 170 valence electrons. The summed E-state index contributed by atoms with van der Waals surface area (Å²) in [5.41, 5.74) is 2.76. The number of rotatable bonds is 11. The summed E-state index contributed by atoms with van der Waals surface area (Å²) in [4.78, 5) is 17.2. The fraction of sp³-hybridized carbons (Fsp3) is 0.259. The van der Waals surface area contributed by atoms with E-state index in [4.69, 9.17) is 14.5 Å². The molecule has 4 aromatic rings. The summed E-state index contributed by atoms with van der Waals surface area (Å²) < 4.78 is 13.5. The van der Waals surface area contributed by atoms with Gasteiger partial charge in [-0.3, -0.25) is 4.79 Å². The summed E-state index contributed by atoms with van der Waals surface area (Å²) in [6.07, 6.45) is 2.54. The van der Waals surface area contributed by atoms with Gasteiger partial charge in [0.2, 0.25) is 0 Å². The lowest BCUT2D eigenvalue weighted by molar-refractivity contribution is 0.0954. The number of imidazole rings is 1. The number of carbonyl (C=O) groups is 1. The maximum absolute atomic E-state index is 12.3. The smallest absolute Gasteiger partial charge is 0.251 e. The fourth-order valence-electron chi connectivity index (χ4n) is 3.84. The largest absolute Gasteiger partial charge is 0.493 e. The van der Waals surface area contributed by atoms with Crippen molar-refractivity contribution in [1.29, 1.82) is 0 Å². The van der Waals surface area contributed by atoms with Crippen LogP contribution in [0.5, 0.6) is 11.5 Å². The highest BCUT2D eigenvalue weighted by Gasteiger charge is 2.11. The van der Waals surface area contributed by atoms with Crippen LogP contribution >= 0.6 is 0 Å². The molecular weight excluding hydrogens is 414 g/mol. The molecule has 1 N–H and O–H groups in total. The maximum Gasteiger partial charge on any atom is 0.251 e. The molecule has 6 nitrogen and oxygen atoms in total. The van der Waals surface area contributed by atoms with Crippen molar-refractivity contribution in [3.63, 3.8) is 0 Å². The number of amides is 1. The number of hydrogen-bond donors (Lipinski definition) is 1. The minimum absolute atomic E-state index is 0.0632. The summed E-state index contributed by atoms with van der Waals surface area (Å²) in [5.74, 6) is 2.43. The second-order valence-electron chi connectivity index (χ2n) is 7.75. The monoisotopic (exact) mass is 443 g/mol. The van der Waals surface area contributed by atoms with Gasteiger partial charge in [-0.05, 0) is 49.2 Å². The lowest BCUT2D eigenvalue weighted by Gasteiger charge is -2.12. The van der Waals surface area contributed by atoms with Gasteiger partial charge in [0.25, 0.3) is 5.91 Å². The second-order valence-corrected chi connectivity index (χ2v) is 7.75. The van der Waals surface area contributed by atoms with Gasteiger partial charge < -0.3 is 19.4 Å². The van der Waals surface area contributed by atoms with Crippen LogP contribution in [0.25, 0.3) is 11.0 Å². The third-order valence-corrected chi connectivity index (χ3v) is 5.51. The molecule has 0 atom stereocenters. The molecule has 3 aromatic carbocycles. The minimum atomic E-state index is -0.0632. The van der Waals surface area contributed by atoms with Crippen molar-refractivity contribution in [2.24, 2.45) is 0 Å². The molecule has 0 unspecified atom stereocenters. The van der Waals surface area contributed by atoms with Crippen molar-refractivity contribution in [2.75, 3.05) is 20.3 Å². The van der Waals surface area contributed by atoms with Gasteiger partial charge in [-0.2, -0.15) is 0 Å². The number of aryl methyl sites for hydroxylation is 1. The van der Waals surface area contributed by atoms with Crippen LogP contribution in [-0.2, 0) is 13.0 Å². The lowest BCUT2D eigenvalue weighted by atomic mass is 10.2. The molecule has 6 heteroatoms. The normalized spacial score (nSPS) is 10.8. The number of fused-ring (bicyclic) bond motifs is 1. The van der Waals surface area contributed by atoms with Gasteiger partial charge in [0.05, 0.1) is 24.8 Å². The quantitative estimate of drug-likeness (QED) is 0.336. The molecule has 0 saturated carbocycles. The van der Waals surface area contributed by atoms with Gasteiger partial charge in [-0.25, -0.2) is 4.98 Å². The lowest BCUT2D eigenvalue weighted by Crippen LogP contribution is -2.26. The molecule has 0 saturated heterocycles. The van der Waals surface area contributed by atoms with Crippen LogP contribution in [0.4, 0.5) is 0 Å². The van der Waals surface area contributed by atoms with Crippen LogP contribution in [-0.4, -0.2) is 35.7 Å². The first-order chi connectivity index (χ1) is 16.3. The molecule has 0 aliphatic heterocycles. The average Bonchev–Trinajstić information content (AvgIpc) is 3.22. The summed E-state index contributed by atoms with van der Waals surface area (Å²) in [5, 5.41) is 3.00. The predicted molar refractivity (Wildman–Crippen MR) is 130 cm³/mol. The van der Waals surface area contributed by atoms with E-state index in [0.717, 1.165) is 47.7 Å². The number of unbranched alkanes of at least 4 members (excludes halogenated alkanes) is 1. The van der Waals surface area contributed by atoms with Crippen LogP contribution in [0, 0.1) is 0 Å². The van der Waals surface area contributed by atoms with Gasteiger partial charge in [-0.15, -0.1) is 0 Å². The number of aromatic nitrogens is 2.